The van der Waals surface area contributed by atoms with Gasteiger partial charge >= 0.3 is 47.8 Å². The first-order valence-electron chi connectivity index (χ1n) is 16.0. The van der Waals surface area contributed by atoms with Gasteiger partial charge in [0.15, 0.2) is 43.1 Å². The van der Waals surface area contributed by atoms with Gasteiger partial charge in [0.25, 0.3) is 0 Å². The summed E-state index contributed by atoms with van der Waals surface area (Å²) in [5.74, 6) is -6.98. The average molecular weight is 751 g/mol. The Balaban J connectivity index is 2.71. The minimum absolute atomic E-state index is 0.597. The van der Waals surface area contributed by atoms with E-state index in [-0.39, 0.29) is 0 Å². The molecule has 0 aromatic rings. The molecule has 0 aromatic carbocycles. The van der Waals surface area contributed by atoms with Crippen molar-refractivity contribution in [1.29, 1.82) is 0 Å². The van der Waals surface area contributed by atoms with E-state index in [1.54, 1.807) is 20.8 Å². The monoisotopic (exact) mass is 750 g/mol. The van der Waals surface area contributed by atoms with Crippen LogP contribution >= 0.6 is 0 Å². The standard InChI is InChI=1S/C32H46O20/c1-14(33)41-11-21-24(44-16(3)35)26(45-17(4)36)29(48-20(7)39)31(50-21)51-25-22(12-42-15(2)34)49-30(43-13-23(40)52-32(8,9)10)28(47-19(6)38)27(25)46-18(5)37/h21-22,24-31H,11-13H2,1-10H3/t21-,22-,24-,25-,26+,27+,28-,29-,30+,31-/m1/s1. The van der Waals surface area contributed by atoms with E-state index in [0.717, 1.165) is 48.5 Å². The summed E-state index contributed by atoms with van der Waals surface area (Å²) in [5.41, 5.74) is -0.898. The summed E-state index contributed by atoms with van der Waals surface area (Å²) in [6.07, 6.45) is -16.4. The highest BCUT2D eigenvalue weighted by atomic mass is 16.8. The molecule has 2 heterocycles. The molecule has 0 aromatic heterocycles. The normalized spacial score (nSPS) is 28.7. The van der Waals surface area contributed by atoms with Gasteiger partial charge in [0, 0.05) is 48.5 Å². The molecule has 0 unspecified atom stereocenters. The molecule has 2 fully saturated rings. The summed E-state index contributed by atoms with van der Waals surface area (Å²) in [6, 6.07) is 0. The third-order valence-electron chi connectivity index (χ3n) is 6.67. The third-order valence-corrected chi connectivity index (χ3v) is 6.67. The molecule has 2 saturated heterocycles. The van der Waals surface area contributed by atoms with Gasteiger partial charge in [-0.1, -0.05) is 0 Å². The van der Waals surface area contributed by atoms with Crippen LogP contribution in [-0.4, -0.2) is 135 Å². The van der Waals surface area contributed by atoms with Gasteiger partial charge in [0.2, 0.25) is 0 Å². The minimum atomic E-state index is -1.84. The zero-order valence-electron chi connectivity index (χ0n) is 30.6. The molecule has 2 aliphatic heterocycles. The Kier molecular flexibility index (Phi) is 16.4. The maximum atomic E-state index is 12.5. The lowest BCUT2D eigenvalue weighted by Crippen LogP contribution is -2.67. The molecule has 294 valence electrons. The summed E-state index contributed by atoms with van der Waals surface area (Å²) in [6.45, 7) is 10.2. The molecule has 2 aliphatic rings. The molecule has 10 atom stereocenters. The zero-order chi connectivity index (χ0) is 39.5. The smallest absolute Gasteiger partial charge is 0.332 e. The van der Waals surface area contributed by atoms with Gasteiger partial charge in [-0.05, 0) is 20.8 Å². The van der Waals surface area contributed by atoms with Crippen molar-refractivity contribution in [3.63, 3.8) is 0 Å². The van der Waals surface area contributed by atoms with E-state index in [9.17, 15) is 38.4 Å². The van der Waals surface area contributed by atoms with Crippen molar-refractivity contribution in [2.45, 2.75) is 136 Å². The SMILES string of the molecule is CC(=O)OC[C@H]1O[C@H](O[C@H]2[C@H](OC(C)=O)[C@@H](OC(C)=O)[C@@H](OCC(=O)OC(C)(C)C)O[C@@H]2COC(C)=O)[C@H](OC(C)=O)[C@@H](OC(C)=O)[C@@H]1OC(C)=O. The van der Waals surface area contributed by atoms with Crippen LogP contribution in [0, 0.1) is 0 Å². The Morgan fingerprint density at radius 3 is 1.27 bits per heavy atom. The Labute approximate surface area is 299 Å². The van der Waals surface area contributed by atoms with Crippen LogP contribution in [0.2, 0.25) is 0 Å². The first kappa shape index (κ1) is 43.8. The van der Waals surface area contributed by atoms with Crippen molar-refractivity contribution in [3.05, 3.63) is 0 Å². The summed E-state index contributed by atoms with van der Waals surface area (Å²) in [4.78, 5) is 97.8. The van der Waals surface area contributed by atoms with Crippen LogP contribution < -0.4 is 0 Å². The maximum Gasteiger partial charge on any atom is 0.332 e. The largest absolute Gasteiger partial charge is 0.463 e. The van der Waals surface area contributed by atoms with Crippen molar-refractivity contribution < 1.29 is 95.2 Å². The quantitative estimate of drug-likeness (QED) is 0.167. The van der Waals surface area contributed by atoms with Crippen LogP contribution in [0.3, 0.4) is 0 Å². The number of carbonyl (C=O) groups is 8. The number of esters is 8. The van der Waals surface area contributed by atoms with E-state index < -0.39 is 135 Å². The summed E-state index contributed by atoms with van der Waals surface area (Å²) >= 11 is 0. The van der Waals surface area contributed by atoms with Gasteiger partial charge < -0.3 is 56.8 Å². The van der Waals surface area contributed by atoms with E-state index in [1.807, 2.05) is 0 Å². The number of rotatable bonds is 14. The first-order valence-corrected chi connectivity index (χ1v) is 16.0. The van der Waals surface area contributed by atoms with Crippen molar-refractivity contribution in [1.82, 2.24) is 0 Å². The van der Waals surface area contributed by atoms with Crippen LogP contribution in [0.5, 0.6) is 0 Å². The van der Waals surface area contributed by atoms with Crippen molar-refractivity contribution in [2.75, 3.05) is 19.8 Å². The molecule has 20 heteroatoms. The van der Waals surface area contributed by atoms with Gasteiger partial charge in [0.1, 0.15) is 43.7 Å². The minimum Gasteiger partial charge on any atom is -0.463 e. The molecule has 0 bridgehead atoms. The molecule has 0 amide bonds. The summed E-state index contributed by atoms with van der Waals surface area (Å²) in [7, 11) is 0. The third kappa shape index (κ3) is 14.3. The Morgan fingerprint density at radius 1 is 0.481 bits per heavy atom. The molecule has 0 spiro atoms. The molecular weight excluding hydrogens is 704 g/mol. The predicted molar refractivity (Wildman–Crippen MR) is 165 cm³/mol. The lowest BCUT2D eigenvalue weighted by molar-refractivity contribution is -0.360. The fourth-order valence-electron chi connectivity index (χ4n) is 5.13. The van der Waals surface area contributed by atoms with Crippen LogP contribution in [0.15, 0.2) is 0 Å². The molecule has 20 nitrogen and oxygen atoms in total. The van der Waals surface area contributed by atoms with Crippen molar-refractivity contribution in [2.24, 2.45) is 0 Å². The number of hydrogen-bond acceptors (Lipinski definition) is 20. The molecule has 0 radical (unpaired) electrons. The fraction of sp³-hybridized carbons (Fsp3) is 0.750. The van der Waals surface area contributed by atoms with Gasteiger partial charge in [0.05, 0.1) is 0 Å². The van der Waals surface area contributed by atoms with Crippen LogP contribution in [0.4, 0.5) is 0 Å². The highest BCUT2D eigenvalue weighted by Gasteiger charge is 2.57. The molecule has 0 aliphatic carbocycles. The topological polar surface area (TPSA) is 247 Å². The van der Waals surface area contributed by atoms with Gasteiger partial charge in [-0.2, -0.15) is 0 Å². The maximum absolute atomic E-state index is 12.5. The van der Waals surface area contributed by atoms with Crippen molar-refractivity contribution >= 4 is 47.8 Å². The number of carbonyl (C=O) groups excluding carboxylic acids is 8. The number of ether oxygens (including phenoxy) is 12. The summed E-state index contributed by atoms with van der Waals surface area (Å²) < 4.78 is 66.7. The molecular formula is C32H46O20. The fourth-order valence-corrected chi connectivity index (χ4v) is 5.13. The van der Waals surface area contributed by atoms with Gasteiger partial charge in [-0.3, -0.25) is 33.6 Å². The lowest BCUT2D eigenvalue weighted by atomic mass is 9.96. The van der Waals surface area contributed by atoms with E-state index in [2.05, 4.69) is 0 Å². The second-order valence-electron chi connectivity index (χ2n) is 12.6. The van der Waals surface area contributed by atoms with E-state index in [4.69, 9.17) is 56.8 Å². The zero-order valence-corrected chi connectivity index (χ0v) is 30.6. The number of hydrogen-bond donors (Lipinski definition) is 0. The van der Waals surface area contributed by atoms with Gasteiger partial charge in [-0.25, -0.2) is 4.79 Å². The van der Waals surface area contributed by atoms with E-state index in [0.29, 0.717) is 0 Å². The Hall–Kier alpha value is -4.40. The second-order valence-corrected chi connectivity index (χ2v) is 12.6. The van der Waals surface area contributed by atoms with Crippen LogP contribution in [-0.2, 0) is 95.2 Å². The second kappa shape index (κ2) is 19.4. The van der Waals surface area contributed by atoms with Crippen molar-refractivity contribution in [3.8, 4) is 0 Å². The molecule has 0 N–H and O–H groups in total. The Morgan fingerprint density at radius 2 is 0.846 bits per heavy atom. The average Bonchev–Trinajstić information content (AvgIpc) is 2.97. The van der Waals surface area contributed by atoms with E-state index in [1.165, 1.54) is 0 Å². The van der Waals surface area contributed by atoms with Crippen LogP contribution in [0.25, 0.3) is 0 Å². The highest BCUT2D eigenvalue weighted by molar-refractivity contribution is 5.71. The Bertz CT molecular complexity index is 1320. The summed E-state index contributed by atoms with van der Waals surface area (Å²) in [5, 5.41) is 0. The predicted octanol–water partition coefficient (Wildman–Crippen LogP) is -0.0356. The van der Waals surface area contributed by atoms with Gasteiger partial charge in [-0.15, -0.1) is 0 Å². The molecule has 0 saturated carbocycles. The highest BCUT2D eigenvalue weighted by Crippen LogP contribution is 2.35. The molecule has 52 heavy (non-hydrogen) atoms. The first-order chi connectivity index (χ1) is 24.1. The molecule has 2 rings (SSSR count). The van der Waals surface area contributed by atoms with E-state index >= 15 is 0 Å². The lowest BCUT2D eigenvalue weighted by Gasteiger charge is -2.48. The van der Waals surface area contributed by atoms with Crippen LogP contribution in [0.1, 0.15) is 69.2 Å².